The molecule has 0 aliphatic rings. The lowest BCUT2D eigenvalue weighted by molar-refractivity contribution is -0.137. The molecule has 2 aromatic carbocycles. The number of hydrazone groups is 1. The number of rotatable bonds is 4. The molecule has 0 saturated heterocycles. The normalized spacial score (nSPS) is 11.8. The second kappa shape index (κ2) is 8.26. The third-order valence-electron chi connectivity index (χ3n) is 3.94. The summed E-state index contributed by atoms with van der Waals surface area (Å²) in [6.45, 7) is 1.62. The van der Waals surface area contributed by atoms with E-state index in [-0.39, 0.29) is 21.4 Å². The molecule has 0 bridgehead atoms. The predicted molar refractivity (Wildman–Crippen MR) is 105 cm³/mol. The highest BCUT2D eigenvalue weighted by Gasteiger charge is 2.30. The Morgan fingerprint density at radius 2 is 1.90 bits per heavy atom. The third-order valence-corrected chi connectivity index (χ3v) is 4.64. The Balaban J connectivity index is 1.84. The molecule has 0 saturated carbocycles. The van der Waals surface area contributed by atoms with Gasteiger partial charge in [-0.25, -0.2) is 10.1 Å². The first kappa shape index (κ1) is 20.9. The van der Waals surface area contributed by atoms with Gasteiger partial charge in [0.2, 0.25) is 0 Å². The Hall–Kier alpha value is -2.84. The summed E-state index contributed by atoms with van der Waals surface area (Å²) in [7, 11) is 0. The van der Waals surface area contributed by atoms with Gasteiger partial charge in [-0.15, -0.1) is 0 Å². The maximum absolute atomic E-state index is 12.9. The molecule has 3 aromatic rings. The standard InChI is InChI=1S/C19H13Cl2F3N4O/c1-11-15(10-25-26-18(29)14-7-2-3-8-16(14)20)17(21)28(27-11)13-6-4-5-12(9-13)19(22,23)24/h2-10H,1H3,(H,26,29)/b25-10+. The number of aryl methyl sites for hydroxylation is 1. The molecule has 0 aliphatic heterocycles. The van der Waals surface area contributed by atoms with Crippen LogP contribution in [-0.4, -0.2) is 21.9 Å². The van der Waals surface area contributed by atoms with Gasteiger partial charge in [-0.1, -0.05) is 41.4 Å². The number of amides is 1. The SMILES string of the molecule is Cc1nn(-c2cccc(C(F)(F)F)c2)c(Cl)c1/C=N/NC(=O)c1ccccc1Cl. The van der Waals surface area contributed by atoms with Gasteiger partial charge in [0.05, 0.1) is 39.3 Å². The molecule has 10 heteroatoms. The van der Waals surface area contributed by atoms with E-state index < -0.39 is 17.6 Å². The Morgan fingerprint density at radius 3 is 2.59 bits per heavy atom. The topological polar surface area (TPSA) is 59.3 Å². The lowest BCUT2D eigenvalue weighted by Crippen LogP contribution is -2.18. The van der Waals surface area contributed by atoms with Crippen LogP contribution < -0.4 is 5.43 Å². The van der Waals surface area contributed by atoms with Gasteiger partial charge in [-0.3, -0.25) is 4.79 Å². The summed E-state index contributed by atoms with van der Waals surface area (Å²) in [6, 6.07) is 11.1. The van der Waals surface area contributed by atoms with E-state index >= 15 is 0 Å². The van der Waals surface area contributed by atoms with E-state index in [4.69, 9.17) is 23.2 Å². The maximum atomic E-state index is 12.9. The van der Waals surface area contributed by atoms with Gasteiger partial charge in [0.25, 0.3) is 5.91 Å². The number of carbonyl (C=O) groups is 1. The predicted octanol–water partition coefficient (Wildman–Crippen LogP) is 5.27. The fourth-order valence-corrected chi connectivity index (χ4v) is 3.05. The van der Waals surface area contributed by atoms with E-state index in [9.17, 15) is 18.0 Å². The van der Waals surface area contributed by atoms with E-state index in [2.05, 4.69) is 15.6 Å². The van der Waals surface area contributed by atoms with Crippen molar-refractivity contribution >= 4 is 35.3 Å². The van der Waals surface area contributed by atoms with Crippen LogP contribution in [0.5, 0.6) is 0 Å². The number of benzene rings is 2. The Kier molecular flexibility index (Phi) is 5.95. The van der Waals surface area contributed by atoms with Crippen LogP contribution in [0.4, 0.5) is 13.2 Å². The first-order chi connectivity index (χ1) is 13.7. The zero-order valence-corrected chi connectivity index (χ0v) is 16.3. The van der Waals surface area contributed by atoms with Crippen LogP contribution >= 0.6 is 23.2 Å². The highest BCUT2D eigenvalue weighted by atomic mass is 35.5. The molecule has 5 nitrogen and oxygen atoms in total. The van der Waals surface area contributed by atoms with E-state index in [1.165, 1.54) is 29.1 Å². The van der Waals surface area contributed by atoms with Gasteiger partial charge in [0.15, 0.2) is 0 Å². The first-order valence-electron chi connectivity index (χ1n) is 8.19. The quantitative estimate of drug-likeness (QED) is 0.443. The van der Waals surface area contributed by atoms with Gasteiger partial charge in [-0.05, 0) is 37.3 Å². The largest absolute Gasteiger partial charge is 0.416 e. The van der Waals surface area contributed by atoms with Crippen LogP contribution in [-0.2, 0) is 6.18 Å². The van der Waals surface area contributed by atoms with Crippen molar-refractivity contribution in [3.8, 4) is 5.69 Å². The van der Waals surface area contributed by atoms with Crippen molar-refractivity contribution in [2.75, 3.05) is 0 Å². The molecule has 3 rings (SSSR count). The monoisotopic (exact) mass is 440 g/mol. The molecule has 0 spiro atoms. The van der Waals surface area contributed by atoms with Gasteiger partial charge < -0.3 is 0 Å². The summed E-state index contributed by atoms with van der Waals surface area (Å²) in [5, 5.41) is 8.33. The van der Waals surface area contributed by atoms with Crippen LogP contribution in [0.1, 0.15) is 27.2 Å². The highest BCUT2D eigenvalue weighted by molar-refractivity contribution is 6.34. The summed E-state index contributed by atoms with van der Waals surface area (Å²) in [6.07, 6.45) is -3.22. The molecular formula is C19H13Cl2F3N4O. The van der Waals surface area contributed by atoms with Gasteiger partial charge in [0, 0.05) is 0 Å². The van der Waals surface area contributed by atoms with Crippen molar-refractivity contribution in [1.29, 1.82) is 0 Å². The lowest BCUT2D eigenvalue weighted by Gasteiger charge is -2.09. The number of halogens is 5. The van der Waals surface area contributed by atoms with Crippen molar-refractivity contribution in [3.05, 3.63) is 81.1 Å². The van der Waals surface area contributed by atoms with Crippen LogP contribution in [0.3, 0.4) is 0 Å². The minimum Gasteiger partial charge on any atom is -0.267 e. The Bertz CT molecular complexity index is 1090. The smallest absolute Gasteiger partial charge is 0.267 e. The highest BCUT2D eigenvalue weighted by Crippen LogP contribution is 2.31. The summed E-state index contributed by atoms with van der Waals surface area (Å²) < 4.78 is 40.0. The van der Waals surface area contributed by atoms with Crippen LogP contribution in [0.25, 0.3) is 5.69 Å². The molecule has 0 atom stereocenters. The van der Waals surface area contributed by atoms with Crippen molar-refractivity contribution in [3.63, 3.8) is 0 Å². The second-order valence-corrected chi connectivity index (χ2v) is 6.69. The molecule has 0 unspecified atom stereocenters. The van der Waals surface area contributed by atoms with E-state index in [0.717, 1.165) is 12.1 Å². The fourth-order valence-electron chi connectivity index (χ4n) is 2.50. The van der Waals surface area contributed by atoms with Crippen molar-refractivity contribution in [1.82, 2.24) is 15.2 Å². The molecular weight excluding hydrogens is 428 g/mol. The van der Waals surface area contributed by atoms with Crippen LogP contribution in [0.15, 0.2) is 53.6 Å². The zero-order valence-electron chi connectivity index (χ0n) is 14.8. The molecule has 1 aromatic heterocycles. The molecule has 0 radical (unpaired) electrons. The van der Waals surface area contributed by atoms with E-state index in [0.29, 0.717) is 11.3 Å². The number of aromatic nitrogens is 2. The summed E-state index contributed by atoms with van der Waals surface area (Å²) in [5.74, 6) is -0.522. The van der Waals surface area contributed by atoms with Crippen LogP contribution in [0, 0.1) is 6.92 Å². The zero-order chi connectivity index (χ0) is 21.2. The molecule has 0 aliphatic carbocycles. The molecule has 1 amide bonds. The summed E-state index contributed by atoms with van der Waals surface area (Å²) in [4.78, 5) is 12.1. The number of nitrogens with zero attached hydrogens (tertiary/aromatic N) is 3. The molecule has 1 N–H and O–H groups in total. The van der Waals surface area contributed by atoms with Crippen molar-refractivity contribution in [2.45, 2.75) is 13.1 Å². The average molecular weight is 441 g/mol. The Morgan fingerprint density at radius 1 is 1.17 bits per heavy atom. The molecule has 1 heterocycles. The average Bonchev–Trinajstić information content (AvgIpc) is 2.96. The Labute approximate surface area is 173 Å². The summed E-state index contributed by atoms with van der Waals surface area (Å²) in [5.41, 5.74) is 2.66. The molecule has 0 fully saturated rings. The van der Waals surface area contributed by atoms with Gasteiger partial charge >= 0.3 is 6.18 Å². The minimum atomic E-state index is -4.49. The fraction of sp³-hybridized carbons (Fsp3) is 0.105. The molecule has 150 valence electrons. The van der Waals surface area contributed by atoms with E-state index in [1.54, 1.807) is 25.1 Å². The number of alkyl halides is 3. The number of nitrogens with one attached hydrogen (secondary N) is 1. The third kappa shape index (κ3) is 4.60. The number of carbonyl (C=O) groups excluding carboxylic acids is 1. The van der Waals surface area contributed by atoms with Crippen molar-refractivity contribution in [2.24, 2.45) is 5.10 Å². The minimum absolute atomic E-state index is 0.0533. The lowest BCUT2D eigenvalue weighted by atomic mass is 10.2. The molecule has 29 heavy (non-hydrogen) atoms. The van der Waals surface area contributed by atoms with Crippen molar-refractivity contribution < 1.29 is 18.0 Å². The number of hydrogen-bond acceptors (Lipinski definition) is 3. The first-order valence-corrected chi connectivity index (χ1v) is 8.94. The van der Waals surface area contributed by atoms with Gasteiger partial charge in [0.1, 0.15) is 5.15 Å². The van der Waals surface area contributed by atoms with E-state index in [1.807, 2.05) is 0 Å². The van der Waals surface area contributed by atoms with Gasteiger partial charge in [-0.2, -0.15) is 23.4 Å². The summed E-state index contributed by atoms with van der Waals surface area (Å²) >= 11 is 12.2. The number of hydrogen-bond donors (Lipinski definition) is 1. The second-order valence-electron chi connectivity index (χ2n) is 5.93. The van der Waals surface area contributed by atoms with Crippen LogP contribution in [0.2, 0.25) is 10.2 Å². The maximum Gasteiger partial charge on any atom is 0.416 e.